The van der Waals surface area contributed by atoms with Crippen LogP contribution in [0.25, 0.3) is 0 Å². The molecule has 0 heterocycles. The van der Waals surface area contributed by atoms with E-state index in [-0.39, 0.29) is 23.5 Å². The Hall–Kier alpha value is -2.38. The lowest BCUT2D eigenvalue weighted by Gasteiger charge is -2.13. The predicted molar refractivity (Wildman–Crippen MR) is 109 cm³/mol. The van der Waals surface area contributed by atoms with E-state index in [4.69, 9.17) is 4.74 Å². The van der Waals surface area contributed by atoms with Gasteiger partial charge in [-0.1, -0.05) is 25.0 Å². The van der Waals surface area contributed by atoms with Crippen molar-refractivity contribution in [3.05, 3.63) is 53.6 Å². The average molecular weight is 403 g/mol. The monoisotopic (exact) mass is 402 g/mol. The maximum atomic E-state index is 12.4. The van der Waals surface area contributed by atoms with Crippen LogP contribution in [0.5, 0.6) is 5.75 Å². The van der Waals surface area contributed by atoms with Crippen LogP contribution in [-0.2, 0) is 14.8 Å². The Morgan fingerprint density at radius 2 is 1.75 bits per heavy atom. The summed E-state index contributed by atoms with van der Waals surface area (Å²) in [4.78, 5) is 12.3. The molecular weight excluding hydrogens is 376 g/mol. The van der Waals surface area contributed by atoms with E-state index in [0.717, 1.165) is 42.5 Å². The number of carbonyl (C=O) groups is 1. The molecule has 0 aromatic heterocycles. The summed E-state index contributed by atoms with van der Waals surface area (Å²) in [5, 5.41) is 2.83. The van der Waals surface area contributed by atoms with E-state index >= 15 is 0 Å². The van der Waals surface area contributed by atoms with Crippen LogP contribution in [-0.4, -0.2) is 27.0 Å². The summed E-state index contributed by atoms with van der Waals surface area (Å²) in [6.45, 7) is 3.73. The Morgan fingerprint density at radius 3 is 2.43 bits per heavy atom. The van der Waals surface area contributed by atoms with Gasteiger partial charge in [0.2, 0.25) is 10.0 Å². The number of rotatable bonds is 7. The third kappa shape index (κ3) is 5.33. The van der Waals surface area contributed by atoms with Gasteiger partial charge >= 0.3 is 0 Å². The highest BCUT2D eigenvalue weighted by atomic mass is 32.2. The zero-order valence-electron chi connectivity index (χ0n) is 16.2. The molecule has 1 amide bonds. The molecule has 1 fully saturated rings. The Labute approximate surface area is 166 Å². The fourth-order valence-corrected chi connectivity index (χ4v) is 4.56. The molecule has 1 aliphatic carbocycles. The van der Waals surface area contributed by atoms with E-state index in [9.17, 15) is 13.2 Å². The fourth-order valence-electron chi connectivity index (χ4n) is 3.25. The molecule has 2 aromatic carbocycles. The number of carbonyl (C=O) groups excluding carboxylic acids is 1. The third-order valence-electron chi connectivity index (χ3n) is 4.85. The van der Waals surface area contributed by atoms with Crippen LogP contribution in [0.1, 0.15) is 36.8 Å². The summed E-state index contributed by atoms with van der Waals surface area (Å²) in [6.07, 6.45) is 3.89. The first-order valence-electron chi connectivity index (χ1n) is 9.46. The van der Waals surface area contributed by atoms with Crippen molar-refractivity contribution < 1.29 is 17.9 Å². The van der Waals surface area contributed by atoms with Gasteiger partial charge in [-0.3, -0.25) is 4.79 Å². The summed E-state index contributed by atoms with van der Waals surface area (Å²) in [5.41, 5.74) is 2.79. The molecule has 2 aromatic rings. The molecule has 0 saturated heterocycles. The zero-order valence-corrected chi connectivity index (χ0v) is 17.0. The number of ether oxygens (including phenoxy) is 1. The number of aryl methyl sites for hydroxylation is 2. The lowest BCUT2D eigenvalue weighted by atomic mass is 10.1. The van der Waals surface area contributed by atoms with Gasteiger partial charge in [0.25, 0.3) is 5.91 Å². The molecular formula is C21H26N2O4S. The van der Waals surface area contributed by atoms with E-state index in [1.807, 2.05) is 32.0 Å². The van der Waals surface area contributed by atoms with Crippen molar-refractivity contribution in [3.63, 3.8) is 0 Å². The molecule has 0 spiro atoms. The van der Waals surface area contributed by atoms with Crippen LogP contribution in [0.3, 0.4) is 0 Å². The predicted octanol–water partition coefficient (Wildman–Crippen LogP) is 3.54. The van der Waals surface area contributed by atoms with Crippen molar-refractivity contribution in [2.45, 2.75) is 50.5 Å². The molecule has 28 heavy (non-hydrogen) atoms. The summed E-state index contributed by atoms with van der Waals surface area (Å²) >= 11 is 0. The first-order valence-corrected chi connectivity index (χ1v) is 10.9. The maximum absolute atomic E-state index is 12.4. The molecule has 0 unspecified atom stereocenters. The summed E-state index contributed by atoms with van der Waals surface area (Å²) in [5.74, 6) is 0.171. The SMILES string of the molecule is Cc1ccc(C)c(NC(=O)COc2ccc(S(=O)(=O)NC3CCCC3)cc2)c1. The van der Waals surface area contributed by atoms with Crippen molar-refractivity contribution in [2.75, 3.05) is 11.9 Å². The van der Waals surface area contributed by atoms with Gasteiger partial charge in [-0.2, -0.15) is 0 Å². The fraction of sp³-hybridized carbons (Fsp3) is 0.381. The van der Waals surface area contributed by atoms with E-state index in [1.165, 1.54) is 12.1 Å². The second-order valence-corrected chi connectivity index (χ2v) is 8.94. The Bertz CT molecular complexity index is 933. The Balaban J connectivity index is 1.55. The molecule has 2 N–H and O–H groups in total. The quantitative estimate of drug-likeness (QED) is 0.742. The van der Waals surface area contributed by atoms with Crippen molar-refractivity contribution in [2.24, 2.45) is 0 Å². The highest BCUT2D eigenvalue weighted by Gasteiger charge is 2.22. The second-order valence-electron chi connectivity index (χ2n) is 7.23. The number of nitrogens with one attached hydrogen (secondary N) is 2. The van der Waals surface area contributed by atoms with Crippen LogP contribution >= 0.6 is 0 Å². The molecule has 0 aliphatic heterocycles. The lowest BCUT2D eigenvalue weighted by molar-refractivity contribution is -0.118. The molecule has 3 rings (SSSR count). The maximum Gasteiger partial charge on any atom is 0.262 e. The molecule has 6 nitrogen and oxygen atoms in total. The minimum Gasteiger partial charge on any atom is -0.484 e. The first-order chi connectivity index (χ1) is 13.3. The van der Waals surface area contributed by atoms with Gasteiger partial charge in [-0.25, -0.2) is 13.1 Å². The third-order valence-corrected chi connectivity index (χ3v) is 6.38. The number of hydrogen-bond donors (Lipinski definition) is 2. The van der Waals surface area contributed by atoms with Crippen LogP contribution in [0, 0.1) is 13.8 Å². The van der Waals surface area contributed by atoms with Crippen molar-refractivity contribution in [1.29, 1.82) is 0 Å². The highest BCUT2D eigenvalue weighted by Crippen LogP contribution is 2.22. The van der Waals surface area contributed by atoms with E-state index in [1.54, 1.807) is 12.1 Å². The summed E-state index contributed by atoms with van der Waals surface area (Å²) in [7, 11) is -3.53. The van der Waals surface area contributed by atoms with Crippen LogP contribution in [0.15, 0.2) is 47.4 Å². The Morgan fingerprint density at radius 1 is 1.07 bits per heavy atom. The van der Waals surface area contributed by atoms with Gasteiger partial charge in [0.05, 0.1) is 4.90 Å². The molecule has 0 radical (unpaired) electrons. The van der Waals surface area contributed by atoms with Gasteiger partial charge < -0.3 is 10.1 Å². The molecule has 0 bridgehead atoms. The van der Waals surface area contributed by atoms with Crippen molar-refractivity contribution >= 4 is 21.6 Å². The lowest BCUT2D eigenvalue weighted by Crippen LogP contribution is -2.32. The van der Waals surface area contributed by atoms with Gasteiger partial charge in [0, 0.05) is 11.7 Å². The number of amides is 1. The number of sulfonamides is 1. The largest absolute Gasteiger partial charge is 0.484 e. The number of benzene rings is 2. The van der Waals surface area contributed by atoms with E-state index in [2.05, 4.69) is 10.0 Å². The molecule has 0 atom stereocenters. The van der Waals surface area contributed by atoms with Gasteiger partial charge in [0.1, 0.15) is 5.75 Å². The van der Waals surface area contributed by atoms with Crippen LogP contribution in [0.2, 0.25) is 0 Å². The standard InChI is InChI=1S/C21H26N2O4S/c1-15-7-8-16(2)20(13-15)22-21(24)14-27-18-9-11-19(12-10-18)28(25,26)23-17-5-3-4-6-17/h7-13,17,23H,3-6,14H2,1-2H3,(H,22,24). The summed E-state index contributed by atoms with van der Waals surface area (Å²) < 4.78 is 33.1. The number of anilines is 1. The number of hydrogen-bond acceptors (Lipinski definition) is 4. The minimum absolute atomic E-state index is 0.0229. The van der Waals surface area contributed by atoms with Crippen LogP contribution < -0.4 is 14.8 Å². The average Bonchev–Trinajstić information content (AvgIpc) is 3.16. The Kier molecular flexibility index (Phi) is 6.36. The second kappa shape index (κ2) is 8.75. The summed E-state index contributed by atoms with van der Waals surface area (Å²) in [6, 6.07) is 12.0. The molecule has 1 saturated carbocycles. The van der Waals surface area contributed by atoms with E-state index < -0.39 is 10.0 Å². The van der Waals surface area contributed by atoms with Gasteiger partial charge in [0.15, 0.2) is 6.61 Å². The van der Waals surface area contributed by atoms with E-state index in [0.29, 0.717) is 5.75 Å². The molecule has 150 valence electrons. The zero-order chi connectivity index (χ0) is 20.1. The first kappa shape index (κ1) is 20.4. The minimum atomic E-state index is -3.53. The van der Waals surface area contributed by atoms with Gasteiger partial charge in [-0.15, -0.1) is 0 Å². The molecule has 1 aliphatic rings. The molecule has 7 heteroatoms. The highest BCUT2D eigenvalue weighted by molar-refractivity contribution is 7.89. The van der Waals surface area contributed by atoms with Crippen molar-refractivity contribution in [1.82, 2.24) is 4.72 Å². The van der Waals surface area contributed by atoms with Crippen LogP contribution in [0.4, 0.5) is 5.69 Å². The topological polar surface area (TPSA) is 84.5 Å². The normalized spacial score (nSPS) is 14.8. The van der Waals surface area contributed by atoms with Gasteiger partial charge in [-0.05, 0) is 68.1 Å². The van der Waals surface area contributed by atoms with Crippen molar-refractivity contribution in [3.8, 4) is 5.75 Å². The smallest absolute Gasteiger partial charge is 0.262 e.